The van der Waals surface area contributed by atoms with Crippen molar-refractivity contribution < 1.29 is 23.6 Å². The average molecular weight is 500 g/mol. The third-order valence-electron chi connectivity index (χ3n) is 8.63. The number of amides is 1. The van der Waals surface area contributed by atoms with E-state index in [1.54, 1.807) is 6.92 Å². The van der Waals surface area contributed by atoms with Crippen LogP contribution in [0.15, 0.2) is 40.0 Å². The maximum atomic E-state index is 13.9. The van der Waals surface area contributed by atoms with E-state index in [2.05, 4.69) is 10.5 Å². The monoisotopic (exact) mass is 499 g/mol. The highest BCUT2D eigenvalue weighted by Crippen LogP contribution is 2.58. The number of alkyl halides is 1. The van der Waals surface area contributed by atoms with Crippen LogP contribution in [0.25, 0.3) is 0 Å². The number of allylic oxidation sites excluding steroid dienone is 2. The molecule has 2 saturated heterocycles. The van der Waals surface area contributed by atoms with Crippen LogP contribution in [0.5, 0.6) is 0 Å². The van der Waals surface area contributed by atoms with Gasteiger partial charge in [0.05, 0.1) is 46.5 Å². The van der Waals surface area contributed by atoms with E-state index in [0.29, 0.717) is 17.3 Å². The summed E-state index contributed by atoms with van der Waals surface area (Å²) in [6, 6.07) is 0. The largest absolute Gasteiger partial charge is 0.465 e. The Kier molecular flexibility index (Phi) is 4.64. The fourth-order valence-electron chi connectivity index (χ4n) is 7.05. The zero-order valence-corrected chi connectivity index (χ0v) is 21.3. The second-order valence-corrected chi connectivity index (χ2v) is 11.9. The zero-order valence-electron chi connectivity index (χ0n) is 20.6. The van der Waals surface area contributed by atoms with Gasteiger partial charge in [-0.25, -0.2) is 0 Å². The predicted molar refractivity (Wildman–Crippen MR) is 127 cm³/mol. The third kappa shape index (κ3) is 2.90. The van der Waals surface area contributed by atoms with E-state index in [1.807, 2.05) is 52.0 Å². The summed E-state index contributed by atoms with van der Waals surface area (Å²) in [5.74, 6) is -0.351. The first kappa shape index (κ1) is 23.0. The van der Waals surface area contributed by atoms with Crippen LogP contribution in [0.3, 0.4) is 0 Å². The number of carbonyl (C=O) groups is 2. The van der Waals surface area contributed by atoms with Crippen molar-refractivity contribution in [3.05, 3.63) is 47.2 Å². The Hall–Kier alpha value is -2.45. The molecular formula is C26H30ClN3O5. The predicted octanol–water partition coefficient (Wildman–Crippen LogP) is 3.48. The van der Waals surface area contributed by atoms with Crippen LogP contribution in [0.2, 0.25) is 0 Å². The molecule has 6 rings (SSSR count). The van der Waals surface area contributed by atoms with E-state index < -0.39 is 33.1 Å². The van der Waals surface area contributed by atoms with Crippen molar-refractivity contribution in [2.24, 2.45) is 11.3 Å². The normalized spacial score (nSPS) is 45.1. The van der Waals surface area contributed by atoms with Crippen molar-refractivity contribution in [3.8, 4) is 0 Å². The number of hydrogen-bond donors (Lipinski definition) is 1. The minimum absolute atomic E-state index is 0.114. The molecule has 5 aliphatic rings. The number of esters is 1. The van der Waals surface area contributed by atoms with Crippen LogP contribution in [0.1, 0.15) is 65.1 Å². The molecule has 8 atom stereocenters. The highest BCUT2D eigenvalue weighted by Gasteiger charge is 2.61. The number of nitrogens with zero attached hydrogens (tertiary/aromatic N) is 2. The van der Waals surface area contributed by atoms with Crippen molar-refractivity contribution in [2.75, 3.05) is 6.61 Å². The summed E-state index contributed by atoms with van der Waals surface area (Å²) >= 11 is 7.13. The van der Waals surface area contributed by atoms with Gasteiger partial charge in [-0.2, -0.15) is 4.98 Å². The van der Waals surface area contributed by atoms with Crippen molar-refractivity contribution >= 4 is 23.5 Å². The summed E-state index contributed by atoms with van der Waals surface area (Å²) in [4.78, 5) is 31.1. The minimum atomic E-state index is -1.15. The first-order valence-corrected chi connectivity index (χ1v) is 12.7. The lowest BCUT2D eigenvalue weighted by atomic mass is 9.56. The molecule has 0 radical (unpaired) electrons. The minimum Gasteiger partial charge on any atom is -0.465 e. The zero-order chi connectivity index (χ0) is 25.0. The Labute approximate surface area is 209 Å². The number of nitrogens with one attached hydrogen (secondary N) is 1. The number of halogens is 1. The summed E-state index contributed by atoms with van der Waals surface area (Å²) in [7, 11) is 0. The summed E-state index contributed by atoms with van der Waals surface area (Å²) in [6.07, 6.45) is 8.91. The van der Waals surface area contributed by atoms with Crippen LogP contribution in [-0.4, -0.2) is 51.2 Å². The van der Waals surface area contributed by atoms with Crippen LogP contribution in [0.4, 0.5) is 0 Å². The molecule has 1 aromatic rings. The molecular weight excluding hydrogens is 470 g/mol. The Bertz CT molecular complexity index is 1230. The molecule has 0 spiro atoms. The lowest BCUT2D eigenvalue weighted by Crippen LogP contribution is -2.59. The molecule has 8 nitrogen and oxygen atoms in total. The molecule has 186 valence electrons. The van der Waals surface area contributed by atoms with Crippen molar-refractivity contribution in [1.82, 2.24) is 15.5 Å². The fraction of sp³-hybridized carbons (Fsp3) is 0.615. The van der Waals surface area contributed by atoms with Gasteiger partial charge in [0.25, 0.3) is 0 Å². The van der Waals surface area contributed by atoms with Crippen LogP contribution in [-0.2, 0) is 24.5 Å². The maximum absolute atomic E-state index is 13.9. The van der Waals surface area contributed by atoms with Gasteiger partial charge in [-0.3, -0.25) is 9.59 Å². The van der Waals surface area contributed by atoms with E-state index in [4.69, 9.17) is 30.6 Å². The Morgan fingerprint density at radius 1 is 1.11 bits per heavy atom. The second kappa shape index (κ2) is 7.07. The molecule has 4 unspecified atom stereocenters. The summed E-state index contributed by atoms with van der Waals surface area (Å²) in [5.41, 5.74) is -1.58. The summed E-state index contributed by atoms with van der Waals surface area (Å²) in [5, 5.41) is 7.73. The second-order valence-electron chi connectivity index (χ2n) is 11.1. The van der Waals surface area contributed by atoms with Crippen LogP contribution >= 0.6 is 11.6 Å². The summed E-state index contributed by atoms with van der Waals surface area (Å²) in [6.45, 7) is 9.60. The maximum Gasteiger partial charge on any atom is 0.319 e. The van der Waals surface area contributed by atoms with E-state index in [1.165, 1.54) is 0 Å². The molecule has 1 aromatic heterocycles. The molecule has 1 amide bonds. The molecule has 2 fully saturated rings. The quantitative estimate of drug-likeness (QED) is 0.377. The number of fused-ring (bicyclic) bond motifs is 9. The van der Waals surface area contributed by atoms with Gasteiger partial charge in [0.1, 0.15) is 5.41 Å². The molecule has 35 heavy (non-hydrogen) atoms. The molecule has 4 heterocycles. The Balaban J connectivity index is 1.63. The van der Waals surface area contributed by atoms with Gasteiger partial charge in [-0.15, -0.1) is 11.6 Å². The average Bonchev–Trinajstić information content (AvgIpc) is 3.54. The first-order valence-electron chi connectivity index (χ1n) is 12.3. The lowest BCUT2D eigenvalue weighted by molar-refractivity contribution is -0.150. The third-order valence-corrected chi connectivity index (χ3v) is 8.94. The van der Waals surface area contributed by atoms with Gasteiger partial charge in [0, 0.05) is 0 Å². The summed E-state index contributed by atoms with van der Waals surface area (Å²) < 4.78 is 17.4. The highest BCUT2D eigenvalue weighted by molar-refractivity contribution is 6.28. The molecule has 2 aliphatic carbocycles. The van der Waals surface area contributed by atoms with Gasteiger partial charge in [0.15, 0.2) is 5.82 Å². The smallest absolute Gasteiger partial charge is 0.319 e. The lowest BCUT2D eigenvalue weighted by Gasteiger charge is -2.52. The van der Waals surface area contributed by atoms with Crippen molar-refractivity contribution in [2.45, 2.75) is 81.4 Å². The van der Waals surface area contributed by atoms with Gasteiger partial charge >= 0.3 is 5.97 Å². The topological polar surface area (TPSA) is 104 Å². The Morgan fingerprint density at radius 2 is 1.83 bits per heavy atom. The first-order chi connectivity index (χ1) is 16.4. The molecule has 9 heteroatoms. The van der Waals surface area contributed by atoms with E-state index in [9.17, 15) is 9.59 Å². The van der Waals surface area contributed by atoms with Crippen molar-refractivity contribution in [1.29, 1.82) is 0 Å². The molecule has 0 saturated carbocycles. The van der Waals surface area contributed by atoms with E-state index in [0.717, 1.165) is 18.4 Å². The van der Waals surface area contributed by atoms with Gasteiger partial charge in [0.2, 0.25) is 11.8 Å². The number of ether oxygens (including phenoxy) is 2. The standard InChI is InChI=1S/C26H30ClN3O5/c1-6-33-22(32)24(3)10-12-26(5)18-17(24)25(4,27)11-9-23(18,2)21-28-20(35-30-21)16-14-8-7-13(34-14)15(16)19(31)29-26/h9-16H,6-8H2,1-5H3,(H,29,31)/t13-,14+,15-,16+,23?,24?,25?,26?/m1/s1. The van der Waals surface area contributed by atoms with Crippen LogP contribution in [0, 0.1) is 11.3 Å². The highest BCUT2D eigenvalue weighted by atomic mass is 35.5. The van der Waals surface area contributed by atoms with E-state index >= 15 is 0 Å². The van der Waals surface area contributed by atoms with E-state index in [-0.39, 0.29) is 30.6 Å². The molecule has 4 bridgehead atoms. The van der Waals surface area contributed by atoms with Gasteiger partial charge < -0.3 is 19.3 Å². The molecule has 1 N–H and O–H groups in total. The van der Waals surface area contributed by atoms with Crippen molar-refractivity contribution in [3.63, 3.8) is 0 Å². The number of hydrogen-bond acceptors (Lipinski definition) is 7. The Morgan fingerprint density at radius 3 is 2.54 bits per heavy atom. The number of carbonyl (C=O) groups excluding carboxylic acids is 2. The van der Waals surface area contributed by atoms with Gasteiger partial charge in [-0.1, -0.05) is 29.5 Å². The number of aromatic nitrogens is 2. The molecule has 3 aliphatic heterocycles. The molecule has 0 aromatic carbocycles. The number of rotatable bonds is 2. The van der Waals surface area contributed by atoms with Crippen LogP contribution < -0.4 is 5.32 Å². The SMILES string of the molecule is CCOC(=O)C1(C)C=CC2(C)NC(=O)[C@H]3[C@@H](c4nc(no4)C4(C)C=CC(C)(Cl)C1=C24)[C@@H]1CC[C@H]3O1. The van der Waals surface area contributed by atoms with Gasteiger partial charge in [-0.05, 0) is 58.6 Å². The fourth-order valence-corrected chi connectivity index (χ4v) is 7.40.